The van der Waals surface area contributed by atoms with Gasteiger partial charge in [0, 0.05) is 5.69 Å². The second-order valence-electron chi connectivity index (χ2n) is 5.40. The number of amides is 2. The Bertz CT molecular complexity index is 472. The molecule has 0 atom stereocenters. The highest BCUT2D eigenvalue weighted by Crippen LogP contribution is 2.27. The fourth-order valence-electron chi connectivity index (χ4n) is 1.95. The quantitative estimate of drug-likeness (QED) is 0.781. The second kappa shape index (κ2) is 5.48. The number of aliphatic hydroxyl groups excluding tert-OH is 1. The van der Waals surface area contributed by atoms with Gasteiger partial charge >= 0.3 is 6.03 Å². The molecular formula is C14H20N2O3. The Balaban J connectivity index is 2.01. The molecule has 0 bridgehead atoms. The first kappa shape index (κ1) is 13.7. The number of carbonyl (C=O) groups is 1. The number of hydrogen-bond donors (Lipinski definition) is 3. The van der Waals surface area contributed by atoms with Gasteiger partial charge < -0.3 is 20.5 Å². The molecule has 0 fully saturated rings. The normalized spacial score (nSPS) is 14.3. The molecule has 0 aliphatic carbocycles. The van der Waals surface area contributed by atoms with Gasteiger partial charge in [-0.05, 0) is 50.5 Å². The van der Waals surface area contributed by atoms with Crippen LogP contribution in [0.15, 0.2) is 18.2 Å². The van der Waals surface area contributed by atoms with Gasteiger partial charge in [0.25, 0.3) is 0 Å². The van der Waals surface area contributed by atoms with Crippen LogP contribution >= 0.6 is 0 Å². The molecule has 0 aromatic heterocycles. The van der Waals surface area contributed by atoms with E-state index in [1.165, 1.54) is 0 Å². The third kappa shape index (κ3) is 3.61. The van der Waals surface area contributed by atoms with Gasteiger partial charge in [0.1, 0.15) is 5.75 Å². The molecular weight excluding hydrogens is 244 g/mol. The number of rotatable bonds is 3. The van der Waals surface area contributed by atoms with Gasteiger partial charge in [-0.3, -0.25) is 0 Å². The SMILES string of the molecule is CC(C)(CO)NC(=O)Nc1ccc2c(c1)CCCO2. The Morgan fingerprint density at radius 2 is 2.26 bits per heavy atom. The van der Waals surface area contributed by atoms with Crippen LogP contribution in [0.4, 0.5) is 10.5 Å². The number of fused-ring (bicyclic) bond motifs is 1. The summed E-state index contributed by atoms with van der Waals surface area (Å²) in [4.78, 5) is 11.8. The maximum absolute atomic E-state index is 11.8. The van der Waals surface area contributed by atoms with E-state index in [0.29, 0.717) is 0 Å². The van der Waals surface area contributed by atoms with E-state index in [-0.39, 0.29) is 12.6 Å². The molecule has 19 heavy (non-hydrogen) atoms. The van der Waals surface area contributed by atoms with Gasteiger partial charge in [0.05, 0.1) is 18.8 Å². The largest absolute Gasteiger partial charge is 0.493 e. The summed E-state index contributed by atoms with van der Waals surface area (Å²) in [6, 6.07) is 5.30. The van der Waals surface area contributed by atoms with Gasteiger partial charge in [0.15, 0.2) is 0 Å². The van der Waals surface area contributed by atoms with Crippen LogP contribution in [-0.4, -0.2) is 29.9 Å². The molecule has 1 aromatic rings. The maximum atomic E-state index is 11.8. The molecule has 1 aromatic carbocycles. The maximum Gasteiger partial charge on any atom is 0.319 e. The lowest BCUT2D eigenvalue weighted by atomic mass is 10.1. The van der Waals surface area contributed by atoms with Gasteiger partial charge in [-0.2, -0.15) is 0 Å². The second-order valence-corrected chi connectivity index (χ2v) is 5.40. The average molecular weight is 264 g/mol. The van der Waals surface area contributed by atoms with Gasteiger partial charge in [-0.25, -0.2) is 4.79 Å². The molecule has 0 spiro atoms. The molecule has 5 nitrogen and oxygen atoms in total. The number of anilines is 1. The predicted molar refractivity (Wildman–Crippen MR) is 73.6 cm³/mol. The minimum atomic E-state index is -0.637. The molecule has 104 valence electrons. The van der Waals surface area contributed by atoms with Crippen molar-refractivity contribution in [3.8, 4) is 5.75 Å². The zero-order valence-corrected chi connectivity index (χ0v) is 11.3. The van der Waals surface area contributed by atoms with Crippen molar-refractivity contribution in [3.05, 3.63) is 23.8 Å². The molecule has 0 saturated carbocycles. The van der Waals surface area contributed by atoms with Crippen molar-refractivity contribution >= 4 is 11.7 Å². The highest BCUT2D eigenvalue weighted by molar-refractivity contribution is 5.90. The van der Waals surface area contributed by atoms with Crippen molar-refractivity contribution < 1.29 is 14.6 Å². The van der Waals surface area contributed by atoms with Crippen LogP contribution in [0.5, 0.6) is 5.75 Å². The van der Waals surface area contributed by atoms with Crippen LogP contribution in [0.25, 0.3) is 0 Å². The highest BCUT2D eigenvalue weighted by Gasteiger charge is 2.19. The summed E-state index contributed by atoms with van der Waals surface area (Å²) in [5.41, 5.74) is 1.21. The van der Waals surface area contributed by atoms with E-state index in [1.54, 1.807) is 13.8 Å². The van der Waals surface area contributed by atoms with Crippen molar-refractivity contribution in [2.45, 2.75) is 32.2 Å². The van der Waals surface area contributed by atoms with Gasteiger partial charge in [0.2, 0.25) is 0 Å². The number of benzene rings is 1. The smallest absolute Gasteiger partial charge is 0.319 e. The van der Waals surface area contributed by atoms with Crippen LogP contribution in [0.3, 0.4) is 0 Å². The molecule has 1 heterocycles. The number of hydrogen-bond acceptors (Lipinski definition) is 3. The lowest BCUT2D eigenvalue weighted by molar-refractivity contribution is 0.187. The fourth-order valence-corrected chi connectivity index (χ4v) is 1.95. The monoisotopic (exact) mass is 264 g/mol. The molecule has 1 aliphatic rings. The number of urea groups is 1. The molecule has 5 heteroatoms. The minimum absolute atomic E-state index is 0.113. The lowest BCUT2D eigenvalue weighted by Gasteiger charge is -2.24. The first-order valence-electron chi connectivity index (χ1n) is 6.46. The Morgan fingerprint density at radius 1 is 1.47 bits per heavy atom. The number of aliphatic hydroxyl groups is 1. The van der Waals surface area contributed by atoms with Crippen molar-refractivity contribution in [1.29, 1.82) is 0 Å². The molecule has 2 amide bonds. The molecule has 3 N–H and O–H groups in total. The van der Waals surface area contributed by atoms with Gasteiger partial charge in [-0.1, -0.05) is 0 Å². The van der Waals surface area contributed by atoms with E-state index in [2.05, 4.69) is 10.6 Å². The lowest BCUT2D eigenvalue weighted by Crippen LogP contribution is -2.48. The first-order valence-corrected chi connectivity index (χ1v) is 6.46. The van der Waals surface area contributed by atoms with Crippen molar-refractivity contribution in [3.63, 3.8) is 0 Å². The first-order chi connectivity index (χ1) is 9.00. The van der Waals surface area contributed by atoms with E-state index in [1.807, 2.05) is 18.2 Å². The summed E-state index contributed by atoms with van der Waals surface area (Å²) in [6.07, 6.45) is 1.97. The Labute approximate surface area is 113 Å². The standard InChI is InChI=1S/C14H20N2O3/c1-14(2,9-17)16-13(18)15-11-5-6-12-10(8-11)4-3-7-19-12/h5-6,8,17H,3-4,7,9H2,1-2H3,(H2,15,16,18). The van der Waals surface area contributed by atoms with Crippen molar-refractivity contribution in [2.75, 3.05) is 18.5 Å². The summed E-state index contributed by atoms with van der Waals surface area (Å²) < 4.78 is 5.52. The summed E-state index contributed by atoms with van der Waals surface area (Å²) in [6.45, 7) is 4.16. The van der Waals surface area contributed by atoms with Crippen molar-refractivity contribution in [2.24, 2.45) is 0 Å². The topological polar surface area (TPSA) is 70.6 Å². The molecule has 0 radical (unpaired) electrons. The fraction of sp³-hybridized carbons (Fsp3) is 0.500. The molecule has 2 rings (SSSR count). The molecule has 0 saturated heterocycles. The third-order valence-electron chi connectivity index (χ3n) is 3.01. The molecule has 0 unspecified atom stereocenters. The number of ether oxygens (including phenoxy) is 1. The number of nitrogens with one attached hydrogen (secondary N) is 2. The van der Waals surface area contributed by atoms with Crippen LogP contribution in [0.2, 0.25) is 0 Å². The highest BCUT2D eigenvalue weighted by atomic mass is 16.5. The summed E-state index contributed by atoms with van der Waals surface area (Å²) >= 11 is 0. The van der Waals surface area contributed by atoms with Crippen LogP contribution in [0, 0.1) is 0 Å². The molecule has 1 aliphatic heterocycles. The minimum Gasteiger partial charge on any atom is -0.493 e. The Hall–Kier alpha value is -1.75. The summed E-state index contributed by atoms with van der Waals surface area (Å²) in [5.74, 6) is 0.896. The zero-order chi connectivity index (χ0) is 13.9. The van der Waals surface area contributed by atoms with E-state index >= 15 is 0 Å². The summed E-state index contributed by atoms with van der Waals surface area (Å²) in [7, 11) is 0. The van der Waals surface area contributed by atoms with E-state index in [9.17, 15) is 4.79 Å². The van der Waals surface area contributed by atoms with Crippen molar-refractivity contribution in [1.82, 2.24) is 5.32 Å². The van der Waals surface area contributed by atoms with Crippen LogP contribution < -0.4 is 15.4 Å². The number of carbonyl (C=O) groups excluding carboxylic acids is 1. The zero-order valence-electron chi connectivity index (χ0n) is 11.3. The van der Waals surface area contributed by atoms with E-state index in [0.717, 1.165) is 36.4 Å². The van der Waals surface area contributed by atoms with Gasteiger partial charge in [-0.15, -0.1) is 0 Å². The van der Waals surface area contributed by atoms with E-state index < -0.39 is 5.54 Å². The summed E-state index contributed by atoms with van der Waals surface area (Å²) in [5, 5.41) is 14.6. The third-order valence-corrected chi connectivity index (χ3v) is 3.01. The average Bonchev–Trinajstić information content (AvgIpc) is 2.38. The predicted octanol–water partition coefficient (Wildman–Crippen LogP) is 1.90. The Morgan fingerprint density at radius 3 is 3.00 bits per heavy atom. The van der Waals surface area contributed by atoms with Crippen LogP contribution in [0.1, 0.15) is 25.8 Å². The number of aryl methyl sites for hydroxylation is 1. The Kier molecular flexibility index (Phi) is 3.95. The van der Waals surface area contributed by atoms with Crippen LogP contribution in [-0.2, 0) is 6.42 Å². The van der Waals surface area contributed by atoms with E-state index in [4.69, 9.17) is 9.84 Å².